The largest absolute Gasteiger partial charge is 0.353 e. The van der Waals surface area contributed by atoms with Crippen molar-refractivity contribution in [3.63, 3.8) is 0 Å². The number of amides is 2. The maximum Gasteiger partial charge on any atom is 0.230 e. The monoisotopic (exact) mass is 340 g/mol. The molecule has 3 rings (SSSR count). The van der Waals surface area contributed by atoms with Gasteiger partial charge in [-0.05, 0) is 25.7 Å². The average molecular weight is 340 g/mol. The van der Waals surface area contributed by atoms with Crippen LogP contribution in [0.2, 0.25) is 0 Å². The summed E-state index contributed by atoms with van der Waals surface area (Å²) < 4.78 is 0.713. The number of nitrogens with zero attached hydrogens (tertiary/aromatic N) is 2. The Morgan fingerprint density at radius 1 is 1.14 bits per heavy atom. The van der Waals surface area contributed by atoms with Crippen molar-refractivity contribution in [3.05, 3.63) is 0 Å². The molecular formula is C14H20N4O2S2. The maximum absolute atomic E-state index is 11.8. The van der Waals surface area contributed by atoms with Gasteiger partial charge in [0.05, 0.1) is 5.75 Å². The minimum atomic E-state index is 0.0397. The zero-order chi connectivity index (χ0) is 15.4. The number of nitrogens with one attached hydrogen (secondary N) is 2. The predicted octanol–water partition coefficient (Wildman–Crippen LogP) is 2.43. The summed E-state index contributed by atoms with van der Waals surface area (Å²) in [5.41, 5.74) is 0. The lowest BCUT2D eigenvalue weighted by atomic mass is 9.85. The van der Waals surface area contributed by atoms with Crippen molar-refractivity contribution >= 4 is 40.0 Å². The lowest BCUT2D eigenvalue weighted by molar-refractivity contribution is -0.122. The van der Waals surface area contributed by atoms with Crippen LogP contribution in [0.1, 0.15) is 44.9 Å². The lowest BCUT2D eigenvalue weighted by Gasteiger charge is -2.23. The molecule has 0 bridgehead atoms. The summed E-state index contributed by atoms with van der Waals surface area (Å²) in [6.45, 7) is 0. The fourth-order valence-electron chi connectivity index (χ4n) is 2.66. The quantitative estimate of drug-likeness (QED) is 0.614. The summed E-state index contributed by atoms with van der Waals surface area (Å²) in [6.07, 6.45) is 7.66. The van der Waals surface area contributed by atoms with Crippen LogP contribution in [-0.2, 0) is 9.59 Å². The molecule has 0 unspecified atom stereocenters. The molecule has 0 saturated heterocycles. The molecule has 1 heterocycles. The topological polar surface area (TPSA) is 84.0 Å². The first-order chi connectivity index (χ1) is 10.7. The van der Waals surface area contributed by atoms with Gasteiger partial charge in [-0.2, -0.15) is 0 Å². The molecule has 2 aliphatic rings. The van der Waals surface area contributed by atoms with Crippen molar-refractivity contribution in [1.29, 1.82) is 0 Å². The van der Waals surface area contributed by atoms with Gasteiger partial charge < -0.3 is 10.6 Å². The zero-order valence-electron chi connectivity index (χ0n) is 12.3. The third kappa shape index (κ3) is 4.19. The van der Waals surface area contributed by atoms with Crippen LogP contribution in [0.3, 0.4) is 0 Å². The van der Waals surface area contributed by atoms with Gasteiger partial charge in [-0.1, -0.05) is 42.4 Å². The Bertz CT molecular complexity index is 539. The number of hydrogen-bond acceptors (Lipinski definition) is 6. The van der Waals surface area contributed by atoms with Crippen molar-refractivity contribution < 1.29 is 9.59 Å². The van der Waals surface area contributed by atoms with Gasteiger partial charge in [0.25, 0.3) is 0 Å². The van der Waals surface area contributed by atoms with E-state index in [9.17, 15) is 9.59 Å². The molecular weight excluding hydrogens is 320 g/mol. The molecule has 0 spiro atoms. The van der Waals surface area contributed by atoms with Crippen molar-refractivity contribution in [2.75, 3.05) is 11.1 Å². The Hall–Kier alpha value is -1.15. The Kier molecular flexibility index (Phi) is 5.30. The molecule has 1 aromatic rings. The SMILES string of the molecule is O=C(CSc1nnc(NC(=O)C2CCC2)s1)NC1CCCC1. The Labute approximate surface area is 137 Å². The van der Waals surface area contributed by atoms with Crippen molar-refractivity contribution in [2.45, 2.75) is 55.3 Å². The third-order valence-corrected chi connectivity index (χ3v) is 6.13. The van der Waals surface area contributed by atoms with E-state index < -0.39 is 0 Å². The third-order valence-electron chi connectivity index (χ3n) is 4.16. The molecule has 0 radical (unpaired) electrons. The number of rotatable bonds is 6. The van der Waals surface area contributed by atoms with Gasteiger partial charge in [-0.3, -0.25) is 9.59 Å². The van der Waals surface area contributed by atoms with Gasteiger partial charge in [0.2, 0.25) is 16.9 Å². The van der Waals surface area contributed by atoms with Crippen LogP contribution in [-0.4, -0.2) is 33.8 Å². The fraction of sp³-hybridized carbons (Fsp3) is 0.714. The zero-order valence-corrected chi connectivity index (χ0v) is 14.0. The number of carbonyl (C=O) groups is 2. The van der Waals surface area contributed by atoms with Crippen LogP contribution < -0.4 is 10.6 Å². The van der Waals surface area contributed by atoms with Crippen LogP contribution in [0.25, 0.3) is 0 Å². The molecule has 0 atom stereocenters. The number of anilines is 1. The van der Waals surface area contributed by atoms with E-state index >= 15 is 0 Å². The number of aromatic nitrogens is 2. The highest BCUT2D eigenvalue weighted by atomic mass is 32.2. The second kappa shape index (κ2) is 7.41. The fourth-order valence-corrected chi connectivity index (χ4v) is 4.23. The van der Waals surface area contributed by atoms with E-state index in [0.29, 0.717) is 21.3 Å². The molecule has 22 heavy (non-hydrogen) atoms. The maximum atomic E-state index is 11.8. The van der Waals surface area contributed by atoms with Crippen LogP contribution in [0.4, 0.5) is 5.13 Å². The molecule has 2 fully saturated rings. The van der Waals surface area contributed by atoms with Gasteiger partial charge >= 0.3 is 0 Å². The van der Waals surface area contributed by atoms with Crippen molar-refractivity contribution in [1.82, 2.24) is 15.5 Å². The molecule has 6 nitrogen and oxygen atoms in total. The molecule has 2 saturated carbocycles. The summed E-state index contributed by atoms with van der Waals surface area (Å²) in [7, 11) is 0. The summed E-state index contributed by atoms with van der Waals surface area (Å²) in [6, 6.07) is 0.347. The van der Waals surface area contributed by atoms with E-state index in [4.69, 9.17) is 0 Å². The first-order valence-corrected chi connectivity index (χ1v) is 9.57. The minimum Gasteiger partial charge on any atom is -0.353 e. The van der Waals surface area contributed by atoms with Crippen LogP contribution in [0.15, 0.2) is 4.34 Å². The van der Waals surface area contributed by atoms with Crippen LogP contribution in [0.5, 0.6) is 0 Å². The molecule has 2 aliphatic carbocycles. The Morgan fingerprint density at radius 3 is 2.59 bits per heavy atom. The van der Waals surface area contributed by atoms with E-state index in [1.807, 2.05) is 0 Å². The van der Waals surface area contributed by atoms with Crippen LogP contribution >= 0.6 is 23.1 Å². The Morgan fingerprint density at radius 2 is 1.91 bits per heavy atom. The molecule has 8 heteroatoms. The highest BCUT2D eigenvalue weighted by Crippen LogP contribution is 2.30. The molecule has 1 aromatic heterocycles. The van der Waals surface area contributed by atoms with E-state index in [0.717, 1.165) is 32.1 Å². The van der Waals surface area contributed by atoms with Crippen LogP contribution in [0, 0.1) is 5.92 Å². The molecule has 2 N–H and O–H groups in total. The summed E-state index contributed by atoms with van der Waals surface area (Å²) in [4.78, 5) is 23.7. The molecule has 120 valence electrons. The van der Waals surface area contributed by atoms with E-state index in [-0.39, 0.29) is 17.7 Å². The molecule has 2 amide bonds. The second-order valence-electron chi connectivity index (χ2n) is 5.83. The highest BCUT2D eigenvalue weighted by Gasteiger charge is 2.26. The normalized spacial score (nSPS) is 18.9. The lowest BCUT2D eigenvalue weighted by Crippen LogP contribution is -2.33. The first kappa shape index (κ1) is 15.7. The predicted molar refractivity (Wildman–Crippen MR) is 87.0 cm³/mol. The van der Waals surface area contributed by atoms with Crippen molar-refractivity contribution in [2.24, 2.45) is 5.92 Å². The highest BCUT2D eigenvalue weighted by molar-refractivity contribution is 8.01. The second-order valence-corrected chi connectivity index (χ2v) is 8.03. The van der Waals surface area contributed by atoms with Gasteiger partial charge in [0.1, 0.15) is 0 Å². The summed E-state index contributed by atoms with van der Waals surface area (Å²) >= 11 is 2.70. The van der Waals surface area contributed by atoms with Gasteiger partial charge in [-0.15, -0.1) is 10.2 Å². The summed E-state index contributed by atoms with van der Waals surface area (Å²) in [5, 5.41) is 14.3. The van der Waals surface area contributed by atoms with Gasteiger partial charge in [-0.25, -0.2) is 0 Å². The van der Waals surface area contributed by atoms with Gasteiger partial charge in [0.15, 0.2) is 4.34 Å². The smallest absolute Gasteiger partial charge is 0.230 e. The number of carbonyl (C=O) groups excluding carboxylic acids is 2. The van der Waals surface area contributed by atoms with E-state index in [1.54, 1.807) is 0 Å². The number of hydrogen-bond donors (Lipinski definition) is 2. The van der Waals surface area contributed by atoms with E-state index in [2.05, 4.69) is 20.8 Å². The first-order valence-electron chi connectivity index (χ1n) is 7.77. The molecule has 0 aromatic carbocycles. The average Bonchev–Trinajstić information content (AvgIpc) is 3.06. The molecule has 0 aliphatic heterocycles. The standard InChI is InChI=1S/C14H20N4O2S2/c19-11(15-10-6-1-2-7-10)8-21-14-18-17-13(22-14)16-12(20)9-4-3-5-9/h9-10H,1-8H2,(H,15,19)(H,16,17,20). The number of thioether (sulfide) groups is 1. The van der Waals surface area contributed by atoms with Gasteiger partial charge in [0, 0.05) is 12.0 Å². The van der Waals surface area contributed by atoms with Crippen molar-refractivity contribution in [3.8, 4) is 0 Å². The Balaban J connectivity index is 1.41. The summed E-state index contributed by atoms with van der Waals surface area (Å²) in [5.74, 6) is 0.573. The minimum absolute atomic E-state index is 0.0397. The van der Waals surface area contributed by atoms with E-state index in [1.165, 1.54) is 35.9 Å².